The Morgan fingerprint density at radius 1 is 1.06 bits per heavy atom. The number of nitrogen functional groups attached to an aromatic ring is 1. The second kappa shape index (κ2) is 7.75. The fourth-order valence-electron chi connectivity index (χ4n) is 3.34. The van der Waals surface area contributed by atoms with Crippen LogP contribution in [0.15, 0.2) is 66.9 Å². The van der Waals surface area contributed by atoms with Crippen molar-refractivity contribution >= 4 is 28.3 Å². The number of nitrogens with one attached hydrogen (secondary N) is 1. The molecular weight excluding hydrogens is 412 g/mol. The minimum Gasteiger partial charge on any atom is -0.384 e. The number of hydrogen-bond acceptors (Lipinski definition) is 3. The summed E-state index contributed by atoms with van der Waals surface area (Å²) in [6.07, 6.45) is -3.10. The first kappa shape index (κ1) is 20.4. The molecule has 0 atom stereocenters. The predicted octanol–water partition coefficient (Wildman–Crippen LogP) is 5.08. The number of pyridine rings is 1. The summed E-state index contributed by atoms with van der Waals surface area (Å²) in [7, 11) is 0. The van der Waals surface area contributed by atoms with Crippen molar-refractivity contribution in [1.29, 1.82) is 0 Å². The number of halogens is 4. The number of fused-ring (bicyclic) bond motifs is 1. The maximum Gasteiger partial charge on any atom is 0.416 e. The average Bonchev–Trinajstić information content (AvgIpc) is 3.05. The topological polar surface area (TPSA) is 72.9 Å². The van der Waals surface area contributed by atoms with E-state index in [0.29, 0.717) is 16.8 Å². The summed E-state index contributed by atoms with van der Waals surface area (Å²) < 4.78 is 54.7. The van der Waals surface area contributed by atoms with Gasteiger partial charge in [-0.05, 0) is 48.0 Å². The number of nitrogens with zero attached hydrogens (tertiary/aromatic N) is 2. The Morgan fingerprint density at radius 2 is 1.87 bits per heavy atom. The van der Waals surface area contributed by atoms with E-state index in [0.717, 1.165) is 12.1 Å². The lowest BCUT2D eigenvalue weighted by atomic mass is 10.1. The van der Waals surface area contributed by atoms with Gasteiger partial charge in [-0.3, -0.25) is 4.79 Å². The molecule has 5 nitrogen and oxygen atoms in total. The van der Waals surface area contributed by atoms with E-state index in [4.69, 9.17) is 5.73 Å². The van der Waals surface area contributed by atoms with Crippen LogP contribution in [-0.2, 0) is 12.7 Å². The van der Waals surface area contributed by atoms with Crippen molar-refractivity contribution < 1.29 is 22.4 Å². The van der Waals surface area contributed by atoms with Crippen molar-refractivity contribution in [3.63, 3.8) is 0 Å². The number of aromatic nitrogens is 2. The molecule has 0 aliphatic carbocycles. The van der Waals surface area contributed by atoms with Gasteiger partial charge in [0.15, 0.2) is 0 Å². The highest BCUT2D eigenvalue weighted by Gasteiger charge is 2.31. The molecule has 0 aliphatic heterocycles. The van der Waals surface area contributed by atoms with Gasteiger partial charge in [-0.2, -0.15) is 13.2 Å². The van der Waals surface area contributed by atoms with Crippen molar-refractivity contribution in [3.05, 3.63) is 89.5 Å². The molecule has 0 unspecified atom stereocenters. The summed E-state index contributed by atoms with van der Waals surface area (Å²) in [5.41, 5.74) is 6.28. The third kappa shape index (κ3) is 4.35. The molecule has 0 saturated carbocycles. The summed E-state index contributed by atoms with van der Waals surface area (Å²) in [5, 5.41) is 2.91. The molecule has 3 N–H and O–H groups in total. The van der Waals surface area contributed by atoms with E-state index in [1.54, 1.807) is 10.6 Å². The Morgan fingerprint density at radius 3 is 2.58 bits per heavy atom. The molecule has 158 valence electrons. The zero-order valence-electron chi connectivity index (χ0n) is 15.9. The van der Waals surface area contributed by atoms with Gasteiger partial charge in [-0.1, -0.05) is 12.1 Å². The average molecular weight is 428 g/mol. The van der Waals surface area contributed by atoms with E-state index >= 15 is 0 Å². The van der Waals surface area contributed by atoms with Crippen LogP contribution in [0.4, 0.5) is 29.1 Å². The lowest BCUT2D eigenvalue weighted by molar-refractivity contribution is -0.137. The molecule has 4 rings (SSSR count). The van der Waals surface area contributed by atoms with Crippen molar-refractivity contribution in [2.75, 3.05) is 11.1 Å². The summed E-state index contributed by atoms with van der Waals surface area (Å²) in [6.45, 7) is 0.0911. The van der Waals surface area contributed by atoms with Gasteiger partial charge in [0.2, 0.25) is 0 Å². The molecule has 0 radical (unpaired) electrons. The lowest BCUT2D eigenvalue weighted by Crippen LogP contribution is -2.17. The van der Waals surface area contributed by atoms with Crippen molar-refractivity contribution in [3.8, 4) is 0 Å². The molecule has 9 heteroatoms. The fraction of sp³-hybridized carbons (Fsp3) is 0.0909. The normalized spacial score (nSPS) is 11.6. The molecule has 0 saturated heterocycles. The molecular formula is C22H16F4N4O. The van der Waals surface area contributed by atoms with Gasteiger partial charge in [0.1, 0.15) is 17.3 Å². The van der Waals surface area contributed by atoms with Crippen LogP contribution < -0.4 is 11.1 Å². The Hall–Kier alpha value is -3.88. The highest BCUT2D eigenvalue weighted by molar-refractivity contribution is 6.06. The Labute approximate surface area is 174 Å². The third-order valence-electron chi connectivity index (χ3n) is 4.73. The minimum atomic E-state index is -4.52. The predicted molar refractivity (Wildman–Crippen MR) is 109 cm³/mol. The number of amides is 1. The van der Waals surface area contributed by atoms with Crippen LogP contribution in [0.5, 0.6) is 0 Å². The van der Waals surface area contributed by atoms with E-state index in [-0.39, 0.29) is 23.4 Å². The van der Waals surface area contributed by atoms with Crippen LogP contribution in [0, 0.1) is 5.82 Å². The molecule has 0 fully saturated rings. The van der Waals surface area contributed by atoms with Gasteiger partial charge in [-0.25, -0.2) is 9.37 Å². The first-order chi connectivity index (χ1) is 14.7. The van der Waals surface area contributed by atoms with Crippen LogP contribution in [0.25, 0.3) is 10.9 Å². The standard InChI is InChI=1S/C22H16F4N4O/c23-16-3-1-2-13(8-16)12-30-18-5-4-15(22(24,25)26)9-14(18)10-19(30)21(31)29-17-6-7-28-20(27)11-17/h1-11H,12H2,(H3,27,28,29,31). The van der Waals surface area contributed by atoms with E-state index in [1.807, 2.05) is 0 Å². The SMILES string of the molecule is Nc1cc(NC(=O)c2cc3cc(C(F)(F)F)ccc3n2Cc2cccc(F)c2)ccn1. The van der Waals surface area contributed by atoms with Crippen molar-refractivity contribution in [2.24, 2.45) is 0 Å². The molecule has 0 aliphatic rings. The molecule has 2 aromatic heterocycles. The van der Waals surface area contributed by atoms with Gasteiger partial charge in [0.25, 0.3) is 5.91 Å². The monoisotopic (exact) mass is 428 g/mol. The highest BCUT2D eigenvalue weighted by Crippen LogP contribution is 2.33. The molecule has 31 heavy (non-hydrogen) atoms. The third-order valence-corrected chi connectivity index (χ3v) is 4.73. The number of carbonyl (C=O) groups excluding carboxylic acids is 1. The van der Waals surface area contributed by atoms with Gasteiger partial charge in [0, 0.05) is 35.4 Å². The second-order valence-corrected chi connectivity index (χ2v) is 6.94. The molecule has 0 bridgehead atoms. The lowest BCUT2D eigenvalue weighted by Gasteiger charge is -2.12. The van der Waals surface area contributed by atoms with Crippen LogP contribution in [0.3, 0.4) is 0 Å². The molecule has 2 heterocycles. The van der Waals surface area contributed by atoms with Crippen molar-refractivity contribution in [1.82, 2.24) is 9.55 Å². The van der Waals surface area contributed by atoms with Crippen LogP contribution in [0.2, 0.25) is 0 Å². The maximum absolute atomic E-state index is 13.6. The molecule has 1 amide bonds. The quantitative estimate of drug-likeness (QED) is 0.446. The largest absolute Gasteiger partial charge is 0.416 e. The van der Waals surface area contributed by atoms with Crippen LogP contribution >= 0.6 is 0 Å². The Bertz CT molecular complexity index is 1280. The Kier molecular flexibility index (Phi) is 5.10. The van der Waals surface area contributed by atoms with Crippen LogP contribution in [-0.4, -0.2) is 15.5 Å². The number of rotatable bonds is 4. The molecule has 2 aromatic carbocycles. The smallest absolute Gasteiger partial charge is 0.384 e. The first-order valence-electron chi connectivity index (χ1n) is 9.18. The number of hydrogen-bond donors (Lipinski definition) is 2. The number of carbonyl (C=O) groups is 1. The zero-order chi connectivity index (χ0) is 22.2. The summed E-state index contributed by atoms with van der Waals surface area (Å²) >= 11 is 0. The van der Waals surface area contributed by atoms with E-state index < -0.39 is 23.5 Å². The number of alkyl halides is 3. The molecule has 4 aromatic rings. The summed E-state index contributed by atoms with van der Waals surface area (Å²) in [4.78, 5) is 16.8. The number of nitrogens with two attached hydrogens (primary N) is 1. The van der Waals surface area contributed by atoms with Gasteiger partial charge < -0.3 is 15.6 Å². The van der Waals surface area contributed by atoms with E-state index in [1.165, 1.54) is 48.7 Å². The zero-order valence-corrected chi connectivity index (χ0v) is 15.9. The van der Waals surface area contributed by atoms with Gasteiger partial charge in [-0.15, -0.1) is 0 Å². The van der Waals surface area contributed by atoms with E-state index in [2.05, 4.69) is 10.3 Å². The fourth-order valence-corrected chi connectivity index (χ4v) is 3.34. The minimum absolute atomic E-state index is 0.0911. The summed E-state index contributed by atoms with van der Waals surface area (Å²) in [6, 6.07) is 13.4. The Balaban J connectivity index is 1.80. The number of benzene rings is 2. The summed E-state index contributed by atoms with van der Waals surface area (Å²) in [5.74, 6) is -0.800. The highest BCUT2D eigenvalue weighted by atomic mass is 19.4. The molecule has 0 spiro atoms. The van der Waals surface area contributed by atoms with Crippen LogP contribution in [0.1, 0.15) is 21.6 Å². The second-order valence-electron chi connectivity index (χ2n) is 6.94. The van der Waals surface area contributed by atoms with Gasteiger partial charge in [0.05, 0.1) is 5.56 Å². The van der Waals surface area contributed by atoms with Crippen molar-refractivity contribution in [2.45, 2.75) is 12.7 Å². The van der Waals surface area contributed by atoms with E-state index in [9.17, 15) is 22.4 Å². The first-order valence-corrected chi connectivity index (χ1v) is 9.18. The van der Waals surface area contributed by atoms with Gasteiger partial charge >= 0.3 is 6.18 Å². The maximum atomic E-state index is 13.6. The number of anilines is 2.